The van der Waals surface area contributed by atoms with Gasteiger partial charge in [-0.2, -0.15) is 0 Å². The lowest BCUT2D eigenvalue weighted by molar-refractivity contribution is 0.0540. The van der Waals surface area contributed by atoms with Crippen molar-refractivity contribution in [2.45, 2.75) is 51.4 Å². The highest BCUT2D eigenvalue weighted by molar-refractivity contribution is 5.41. The average Bonchev–Trinajstić information content (AvgIpc) is 2.95. The van der Waals surface area contributed by atoms with Gasteiger partial charge in [-0.05, 0) is 75.0 Å². The third-order valence-electron chi connectivity index (χ3n) is 5.60. The first-order valence-corrected chi connectivity index (χ1v) is 9.62. The Morgan fingerprint density at radius 2 is 2.04 bits per heavy atom. The molecule has 0 aliphatic carbocycles. The Labute approximate surface area is 155 Å². The van der Waals surface area contributed by atoms with Gasteiger partial charge in [0.05, 0.1) is 11.8 Å². The Hall–Kier alpha value is -1.91. The van der Waals surface area contributed by atoms with Gasteiger partial charge in [-0.3, -0.25) is 9.88 Å². The van der Waals surface area contributed by atoms with Gasteiger partial charge in [0.2, 0.25) is 0 Å². The third kappa shape index (κ3) is 3.76. The summed E-state index contributed by atoms with van der Waals surface area (Å²) in [6, 6.07) is 12.4. The Bertz CT molecular complexity index is 752. The molecule has 0 radical (unpaired) electrons. The molecule has 1 atom stereocenters. The average molecular weight is 352 g/mol. The van der Waals surface area contributed by atoms with Gasteiger partial charge in [-0.1, -0.05) is 18.2 Å². The van der Waals surface area contributed by atoms with Crippen molar-refractivity contribution in [3.8, 4) is 5.75 Å². The van der Waals surface area contributed by atoms with Crippen LogP contribution in [-0.4, -0.2) is 33.7 Å². The van der Waals surface area contributed by atoms with Crippen molar-refractivity contribution in [1.29, 1.82) is 0 Å². The number of ether oxygens (including phenoxy) is 1. The highest BCUT2D eigenvalue weighted by atomic mass is 16.5. The lowest BCUT2D eigenvalue weighted by Crippen LogP contribution is -2.35. The minimum Gasteiger partial charge on any atom is -0.487 e. The first kappa shape index (κ1) is 17.5. The highest BCUT2D eigenvalue weighted by Crippen LogP contribution is 2.36. The van der Waals surface area contributed by atoms with Gasteiger partial charge in [-0.25, -0.2) is 0 Å². The SMILES string of the molecule is CC1(C)Cc2cc(CN3CCC([C@H](O)c4ccccn4)CC3)ccc2O1. The number of hydrogen-bond acceptors (Lipinski definition) is 4. The smallest absolute Gasteiger partial charge is 0.123 e. The molecule has 4 rings (SSSR count). The molecule has 0 saturated carbocycles. The number of aromatic nitrogens is 1. The number of pyridine rings is 1. The molecule has 138 valence electrons. The van der Waals surface area contributed by atoms with E-state index in [4.69, 9.17) is 4.74 Å². The van der Waals surface area contributed by atoms with E-state index in [9.17, 15) is 5.11 Å². The predicted molar refractivity (Wildman–Crippen MR) is 102 cm³/mol. The van der Waals surface area contributed by atoms with E-state index in [2.05, 4.69) is 41.9 Å². The van der Waals surface area contributed by atoms with Crippen LogP contribution in [0.4, 0.5) is 0 Å². The topological polar surface area (TPSA) is 45.6 Å². The standard InChI is InChI=1S/C22H28N2O2/c1-22(2)14-18-13-16(6-7-20(18)26-22)15-24-11-8-17(9-12-24)21(25)19-5-3-4-10-23-19/h3-7,10,13,17,21,25H,8-9,11-12,14-15H2,1-2H3/t21-/m0/s1. The van der Waals surface area contributed by atoms with E-state index in [0.29, 0.717) is 5.92 Å². The number of benzene rings is 1. The van der Waals surface area contributed by atoms with E-state index in [1.54, 1.807) is 6.20 Å². The third-order valence-corrected chi connectivity index (χ3v) is 5.60. The Balaban J connectivity index is 1.33. The number of aliphatic hydroxyl groups excluding tert-OH is 1. The summed E-state index contributed by atoms with van der Waals surface area (Å²) in [4.78, 5) is 6.80. The van der Waals surface area contributed by atoms with Crippen molar-refractivity contribution in [2.75, 3.05) is 13.1 Å². The minimum atomic E-state index is -0.447. The summed E-state index contributed by atoms with van der Waals surface area (Å²) in [6.45, 7) is 7.30. The molecule has 1 fully saturated rings. The van der Waals surface area contributed by atoms with E-state index in [1.807, 2.05) is 18.2 Å². The fraction of sp³-hybridized carbons (Fsp3) is 0.500. The molecule has 0 bridgehead atoms. The van der Waals surface area contributed by atoms with Gasteiger partial charge >= 0.3 is 0 Å². The molecule has 1 aromatic carbocycles. The summed E-state index contributed by atoms with van der Waals surface area (Å²) in [5.41, 5.74) is 3.40. The Kier molecular flexibility index (Phi) is 4.72. The van der Waals surface area contributed by atoms with E-state index < -0.39 is 6.10 Å². The van der Waals surface area contributed by atoms with Gasteiger partial charge in [0.1, 0.15) is 11.4 Å². The van der Waals surface area contributed by atoms with Gasteiger partial charge in [0.25, 0.3) is 0 Å². The van der Waals surface area contributed by atoms with Crippen LogP contribution in [0.2, 0.25) is 0 Å². The van der Waals surface area contributed by atoms with E-state index in [-0.39, 0.29) is 5.60 Å². The maximum absolute atomic E-state index is 10.6. The summed E-state index contributed by atoms with van der Waals surface area (Å²) in [5, 5.41) is 10.6. The zero-order valence-electron chi connectivity index (χ0n) is 15.7. The summed E-state index contributed by atoms with van der Waals surface area (Å²) in [6.07, 6.45) is 4.32. The minimum absolute atomic E-state index is 0.0824. The molecule has 1 saturated heterocycles. The van der Waals surface area contributed by atoms with Crippen molar-refractivity contribution in [2.24, 2.45) is 5.92 Å². The second kappa shape index (κ2) is 7.01. The molecule has 1 aromatic heterocycles. The summed E-state index contributed by atoms with van der Waals surface area (Å²) < 4.78 is 5.97. The number of hydrogen-bond donors (Lipinski definition) is 1. The fourth-order valence-corrected chi connectivity index (χ4v) is 4.24. The molecule has 2 aliphatic heterocycles. The van der Waals surface area contributed by atoms with Crippen LogP contribution in [0, 0.1) is 5.92 Å². The van der Waals surface area contributed by atoms with Crippen LogP contribution in [-0.2, 0) is 13.0 Å². The monoisotopic (exact) mass is 352 g/mol. The fourth-order valence-electron chi connectivity index (χ4n) is 4.24. The molecular formula is C22H28N2O2. The number of nitrogens with zero attached hydrogens (tertiary/aromatic N) is 2. The summed E-state index contributed by atoms with van der Waals surface area (Å²) in [5.74, 6) is 1.34. The second-order valence-electron chi connectivity index (χ2n) is 8.29. The van der Waals surface area contributed by atoms with E-state index in [1.165, 1.54) is 11.1 Å². The van der Waals surface area contributed by atoms with Gasteiger partial charge in [-0.15, -0.1) is 0 Å². The molecule has 4 heteroatoms. The van der Waals surface area contributed by atoms with Crippen LogP contribution < -0.4 is 4.74 Å². The zero-order chi connectivity index (χ0) is 18.1. The summed E-state index contributed by atoms with van der Waals surface area (Å²) in [7, 11) is 0. The van der Waals surface area contributed by atoms with Gasteiger partial charge in [0.15, 0.2) is 0 Å². The first-order valence-electron chi connectivity index (χ1n) is 9.62. The normalized spacial score (nSPS) is 21.2. The molecule has 0 unspecified atom stereocenters. The molecule has 2 aliphatic rings. The lowest BCUT2D eigenvalue weighted by Gasteiger charge is -2.34. The van der Waals surface area contributed by atoms with Gasteiger partial charge in [0, 0.05) is 19.2 Å². The number of fused-ring (bicyclic) bond motifs is 1. The van der Waals surface area contributed by atoms with Crippen molar-refractivity contribution in [1.82, 2.24) is 9.88 Å². The highest BCUT2D eigenvalue weighted by Gasteiger charge is 2.30. The largest absolute Gasteiger partial charge is 0.487 e. The van der Waals surface area contributed by atoms with Crippen molar-refractivity contribution in [3.63, 3.8) is 0 Å². The van der Waals surface area contributed by atoms with Crippen molar-refractivity contribution in [3.05, 3.63) is 59.4 Å². The second-order valence-corrected chi connectivity index (χ2v) is 8.29. The summed E-state index contributed by atoms with van der Waals surface area (Å²) >= 11 is 0. The van der Waals surface area contributed by atoms with E-state index in [0.717, 1.165) is 50.3 Å². The van der Waals surface area contributed by atoms with Crippen LogP contribution in [0.15, 0.2) is 42.6 Å². The molecule has 26 heavy (non-hydrogen) atoms. The van der Waals surface area contributed by atoms with Crippen LogP contribution in [0.1, 0.15) is 49.6 Å². The lowest BCUT2D eigenvalue weighted by atomic mass is 9.89. The maximum Gasteiger partial charge on any atom is 0.123 e. The molecule has 2 aromatic rings. The van der Waals surface area contributed by atoms with Crippen LogP contribution in [0.3, 0.4) is 0 Å². The van der Waals surface area contributed by atoms with Crippen LogP contribution >= 0.6 is 0 Å². The molecular weight excluding hydrogens is 324 g/mol. The molecule has 4 nitrogen and oxygen atoms in total. The number of aliphatic hydroxyl groups is 1. The number of piperidine rings is 1. The first-order chi connectivity index (χ1) is 12.5. The molecule has 0 spiro atoms. The Morgan fingerprint density at radius 3 is 2.77 bits per heavy atom. The van der Waals surface area contributed by atoms with Crippen LogP contribution in [0.5, 0.6) is 5.75 Å². The zero-order valence-corrected chi connectivity index (χ0v) is 15.7. The number of rotatable bonds is 4. The predicted octanol–water partition coefficient (Wildman–Crippen LogP) is 3.74. The van der Waals surface area contributed by atoms with Crippen LogP contribution in [0.25, 0.3) is 0 Å². The van der Waals surface area contributed by atoms with Crippen molar-refractivity contribution < 1.29 is 9.84 Å². The quantitative estimate of drug-likeness (QED) is 0.910. The van der Waals surface area contributed by atoms with Gasteiger partial charge < -0.3 is 9.84 Å². The Morgan fingerprint density at radius 1 is 1.23 bits per heavy atom. The maximum atomic E-state index is 10.6. The van der Waals surface area contributed by atoms with E-state index >= 15 is 0 Å². The molecule has 3 heterocycles. The number of likely N-dealkylation sites (tertiary alicyclic amines) is 1. The molecule has 0 amide bonds. The molecule has 1 N–H and O–H groups in total. The van der Waals surface area contributed by atoms with Crippen molar-refractivity contribution >= 4 is 0 Å².